The van der Waals surface area contributed by atoms with Crippen LogP contribution in [0.25, 0.3) is 0 Å². The fourth-order valence-electron chi connectivity index (χ4n) is 2.21. The Hall–Kier alpha value is -1.92. The summed E-state index contributed by atoms with van der Waals surface area (Å²) in [5.74, 6) is 0. The van der Waals surface area contributed by atoms with E-state index in [4.69, 9.17) is 0 Å². The van der Waals surface area contributed by atoms with E-state index >= 15 is 0 Å². The summed E-state index contributed by atoms with van der Waals surface area (Å²) in [7, 11) is 0. The van der Waals surface area contributed by atoms with Gasteiger partial charge in [0.2, 0.25) is 0 Å². The lowest BCUT2D eigenvalue weighted by Crippen LogP contribution is -2.41. The molecule has 1 heterocycles. The first kappa shape index (κ1) is 17.4. The molecule has 0 saturated carbocycles. The van der Waals surface area contributed by atoms with Gasteiger partial charge >= 0.3 is 6.03 Å². The number of benzene rings is 1. The molecule has 1 aromatic carbocycles. The molecule has 0 saturated heterocycles. The molecule has 0 bridgehead atoms. The molecule has 6 heteroatoms. The van der Waals surface area contributed by atoms with Crippen LogP contribution in [0.4, 0.5) is 4.79 Å². The summed E-state index contributed by atoms with van der Waals surface area (Å²) in [6.45, 7) is 5.35. The lowest BCUT2D eigenvalue weighted by atomic mass is 10.2. The monoisotopic (exact) mass is 333 g/mol. The fourth-order valence-corrected chi connectivity index (χ4v) is 3.14. The summed E-state index contributed by atoms with van der Waals surface area (Å²) in [5, 5.41) is 13.1. The molecule has 0 aliphatic carbocycles. The normalized spacial score (nSPS) is 10.6. The van der Waals surface area contributed by atoms with Crippen molar-refractivity contribution in [3.8, 4) is 0 Å². The first-order valence-electron chi connectivity index (χ1n) is 7.70. The van der Waals surface area contributed by atoms with Gasteiger partial charge in [-0.3, -0.25) is 0 Å². The number of carbonyl (C=O) groups is 1. The lowest BCUT2D eigenvalue weighted by Gasteiger charge is -2.22. The molecule has 0 aliphatic heterocycles. The number of aliphatic hydroxyl groups is 1. The third-order valence-corrected chi connectivity index (χ3v) is 4.69. The van der Waals surface area contributed by atoms with E-state index in [0.717, 1.165) is 22.7 Å². The molecule has 2 rings (SSSR count). The highest BCUT2D eigenvalue weighted by Gasteiger charge is 2.13. The molecule has 0 aliphatic rings. The van der Waals surface area contributed by atoms with E-state index in [1.165, 1.54) is 4.88 Å². The Kier molecular flexibility index (Phi) is 6.55. The number of hydrogen-bond donors (Lipinski definition) is 2. The van der Waals surface area contributed by atoms with Crippen LogP contribution in [-0.2, 0) is 13.0 Å². The Morgan fingerprint density at radius 3 is 2.65 bits per heavy atom. The molecule has 2 aromatic rings. The van der Waals surface area contributed by atoms with Crippen molar-refractivity contribution < 1.29 is 9.90 Å². The second-order valence-electron chi connectivity index (χ2n) is 5.36. The van der Waals surface area contributed by atoms with Gasteiger partial charge < -0.3 is 15.3 Å². The zero-order chi connectivity index (χ0) is 16.7. The average molecular weight is 333 g/mol. The van der Waals surface area contributed by atoms with Gasteiger partial charge in [-0.15, -0.1) is 11.3 Å². The Labute approximate surface area is 141 Å². The second kappa shape index (κ2) is 8.64. The maximum atomic E-state index is 12.3. The zero-order valence-corrected chi connectivity index (χ0v) is 14.4. The number of aromatic nitrogens is 1. The topological polar surface area (TPSA) is 65.5 Å². The first-order valence-corrected chi connectivity index (χ1v) is 8.52. The summed E-state index contributed by atoms with van der Waals surface area (Å²) in [6.07, 6.45) is 0.726. The molecule has 5 nitrogen and oxygen atoms in total. The van der Waals surface area contributed by atoms with Crippen LogP contribution in [0, 0.1) is 13.8 Å². The van der Waals surface area contributed by atoms with E-state index in [9.17, 15) is 9.90 Å². The van der Waals surface area contributed by atoms with Gasteiger partial charge in [0.25, 0.3) is 0 Å². The molecule has 0 fully saturated rings. The number of carbonyl (C=O) groups excluding carboxylic acids is 1. The van der Waals surface area contributed by atoms with Crippen LogP contribution in [0.2, 0.25) is 0 Å². The smallest absolute Gasteiger partial charge is 0.317 e. The van der Waals surface area contributed by atoms with E-state index in [2.05, 4.69) is 17.2 Å². The second-order valence-corrected chi connectivity index (χ2v) is 6.65. The molecule has 0 unspecified atom stereocenters. The van der Waals surface area contributed by atoms with Gasteiger partial charge in [0, 0.05) is 30.9 Å². The fraction of sp³-hybridized carbons (Fsp3) is 0.412. The Morgan fingerprint density at radius 2 is 2.04 bits per heavy atom. The Morgan fingerprint density at radius 1 is 1.30 bits per heavy atom. The summed E-state index contributed by atoms with van der Waals surface area (Å²) >= 11 is 1.67. The highest BCUT2D eigenvalue weighted by molar-refractivity contribution is 7.11. The number of hydrogen-bond acceptors (Lipinski definition) is 4. The van der Waals surface area contributed by atoms with Gasteiger partial charge in [0.15, 0.2) is 0 Å². The molecule has 0 spiro atoms. The van der Waals surface area contributed by atoms with Gasteiger partial charge in [0.05, 0.1) is 17.3 Å². The van der Waals surface area contributed by atoms with Crippen LogP contribution >= 0.6 is 11.3 Å². The number of urea groups is 1. The standard InChI is InChI=1S/C17H23N3O2S/c1-13-14(2)23-16(19-13)8-9-18-17(22)20(10-11-21)12-15-6-4-3-5-7-15/h3-7,21H,8-12H2,1-2H3,(H,18,22). The Balaban J connectivity index is 1.85. The highest BCUT2D eigenvalue weighted by atomic mass is 32.1. The molecule has 2 amide bonds. The number of amides is 2. The number of thiazole rings is 1. The molecule has 23 heavy (non-hydrogen) atoms. The van der Waals surface area contributed by atoms with Gasteiger partial charge in [-0.1, -0.05) is 30.3 Å². The molecule has 2 N–H and O–H groups in total. The number of rotatable bonds is 7. The van der Waals surface area contributed by atoms with Crippen molar-refractivity contribution in [1.82, 2.24) is 15.2 Å². The van der Waals surface area contributed by atoms with Crippen LogP contribution in [-0.4, -0.2) is 40.7 Å². The van der Waals surface area contributed by atoms with Gasteiger partial charge in [-0.05, 0) is 19.4 Å². The van der Waals surface area contributed by atoms with Crippen LogP contribution in [0.15, 0.2) is 30.3 Å². The minimum absolute atomic E-state index is 0.0505. The van der Waals surface area contributed by atoms with E-state index in [1.807, 2.05) is 37.3 Å². The highest BCUT2D eigenvalue weighted by Crippen LogP contribution is 2.16. The maximum absolute atomic E-state index is 12.3. The van der Waals surface area contributed by atoms with Gasteiger partial charge in [-0.2, -0.15) is 0 Å². The minimum Gasteiger partial charge on any atom is -0.395 e. The molecular weight excluding hydrogens is 310 g/mol. The van der Waals surface area contributed by atoms with E-state index in [-0.39, 0.29) is 12.6 Å². The lowest BCUT2D eigenvalue weighted by molar-refractivity contribution is 0.174. The van der Waals surface area contributed by atoms with E-state index in [0.29, 0.717) is 19.6 Å². The van der Waals surface area contributed by atoms with Crippen molar-refractivity contribution >= 4 is 17.4 Å². The zero-order valence-electron chi connectivity index (χ0n) is 13.6. The van der Waals surface area contributed by atoms with Crippen LogP contribution in [0.5, 0.6) is 0 Å². The van der Waals surface area contributed by atoms with Gasteiger partial charge in [-0.25, -0.2) is 9.78 Å². The third kappa shape index (κ3) is 5.33. The molecule has 0 radical (unpaired) electrons. The minimum atomic E-state index is -0.159. The SMILES string of the molecule is Cc1nc(CCNC(=O)N(CCO)Cc2ccccc2)sc1C. The quantitative estimate of drug-likeness (QED) is 0.818. The summed E-state index contributed by atoms with van der Waals surface area (Å²) < 4.78 is 0. The molecule has 0 atom stereocenters. The average Bonchev–Trinajstić information content (AvgIpc) is 2.86. The third-order valence-electron chi connectivity index (χ3n) is 3.56. The van der Waals surface area contributed by atoms with Crippen molar-refractivity contribution in [2.75, 3.05) is 19.7 Å². The van der Waals surface area contributed by atoms with Crippen LogP contribution < -0.4 is 5.32 Å². The van der Waals surface area contributed by atoms with Crippen molar-refractivity contribution in [3.63, 3.8) is 0 Å². The molecule has 124 valence electrons. The number of aryl methyl sites for hydroxylation is 2. The summed E-state index contributed by atoms with van der Waals surface area (Å²) in [6, 6.07) is 9.61. The maximum Gasteiger partial charge on any atom is 0.317 e. The van der Waals surface area contributed by atoms with Gasteiger partial charge in [0.1, 0.15) is 0 Å². The van der Waals surface area contributed by atoms with Crippen LogP contribution in [0.3, 0.4) is 0 Å². The van der Waals surface area contributed by atoms with Crippen molar-refractivity contribution in [1.29, 1.82) is 0 Å². The predicted molar refractivity (Wildman–Crippen MR) is 92.6 cm³/mol. The summed E-state index contributed by atoms with van der Waals surface area (Å²) in [5.41, 5.74) is 2.10. The van der Waals surface area contributed by atoms with E-state index in [1.54, 1.807) is 16.2 Å². The van der Waals surface area contributed by atoms with Crippen molar-refractivity contribution in [3.05, 3.63) is 51.5 Å². The van der Waals surface area contributed by atoms with E-state index < -0.39 is 0 Å². The number of aliphatic hydroxyl groups excluding tert-OH is 1. The van der Waals surface area contributed by atoms with Crippen molar-refractivity contribution in [2.45, 2.75) is 26.8 Å². The predicted octanol–water partition coefficient (Wildman–Crippen LogP) is 2.51. The largest absolute Gasteiger partial charge is 0.395 e. The molecule has 1 aromatic heterocycles. The van der Waals surface area contributed by atoms with Crippen molar-refractivity contribution in [2.24, 2.45) is 0 Å². The molecular formula is C17H23N3O2S. The number of nitrogens with one attached hydrogen (secondary N) is 1. The summed E-state index contributed by atoms with van der Waals surface area (Å²) in [4.78, 5) is 19.6. The number of nitrogens with zero attached hydrogens (tertiary/aromatic N) is 2. The Bertz CT molecular complexity index is 609. The van der Waals surface area contributed by atoms with Crippen LogP contribution in [0.1, 0.15) is 21.1 Å². The first-order chi connectivity index (χ1) is 11.1.